The highest BCUT2D eigenvalue weighted by Crippen LogP contribution is 2.42. The van der Waals surface area contributed by atoms with Gasteiger partial charge >= 0.3 is 0 Å². The SMILES string of the molecule is Cc1c(N2C(=O)CSC2c2cccc(Oc3ccccc3)c2)c(=O)n(-c2ccccc2)n1C. The predicted molar refractivity (Wildman–Crippen MR) is 131 cm³/mol. The van der Waals surface area contributed by atoms with E-state index in [0.29, 0.717) is 17.2 Å². The standard InChI is InChI=1S/C26H23N3O3S/c1-18-24(25(31)29(27(18)2)20-11-5-3-6-12-20)28-23(30)17-33-26(28)19-10-9-15-22(16-19)32-21-13-7-4-8-14-21/h3-16,26H,17H2,1-2H3. The molecule has 1 saturated heterocycles. The van der Waals surface area contributed by atoms with Crippen molar-refractivity contribution in [2.45, 2.75) is 12.3 Å². The first-order chi connectivity index (χ1) is 16.0. The summed E-state index contributed by atoms with van der Waals surface area (Å²) in [4.78, 5) is 28.2. The number of aromatic nitrogens is 2. The van der Waals surface area contributed by atoms with Crippen molar-refractivity contribution in [1.82, 2.24) is 9.36 Å². The molecule has 0 spiro atoms. The average molecular weight is 458 g/mol. The number of nitrogens with zero attached hydrogens (tertiary/aromatic N) is 3. The lowest BCUT2D eigenvalue weighted by Gasteiger charge is -2.23. The molecule has 4 aromatic rings. The van der Waals surface area contributed by atoms with Gasteiger partial charge in [0.2, 0.25) is 5.91 Å². The molecule has 1 atom stereocenters. The molecule has 3 aromatic carbocycles. The van der Waals surface area contributed by atoms with Crippen LogP contribution < -0.4 is 15.2 Å². The molecule has 2 heterocycles. The average Bonchev–Trinajstić information content (AvgIpc) is 3.31. The molecule has 0 saturated carbocycles. The Labute approximate surface area is 196 Å². The monoisotopic (exact) mass is 457 g/mol. The maximum Gasteiger partial charge on any atom is 0.295 e. The van der Waals surface area contributed by atoms with Gasteiger partial charge in [-0.3, -0.25) is 19.2 Å². The second-order valence-corrected chi connectivity index (χ2v) is 8.89. The van der Waals surface area contributed by atoms with Crippen molar-refractivity contribution in [3.63, 3.8) is 0 Å². The Balaban J connectivity index is 1.54. The van der Waals surface area contributed by atoms with Crippen LogP contribution in [0.25, 0.3) is 5.69 Å². The summed E-state index contributed by atoms with van der Waals surface area (Å²) in [5.41, 5.74) is 2.61. The number of ether oxygens (including phenoxy) is 1. The fourth-order valence-corrected chi connectivity index (χ4v) is 5.25. The number of rotatable bonds is 5. The Morgan fingerprint density at radius 1 is 0.879 bits per heavy atom. The molecule has 1 aliphatic rings. The molecule has 7 heteroatoms. The Morgan fingerprint density at radius 3 is 2.27 bits per heavy atom. The predicted octanol–water partition coefficient (Wildman–Crippen LogP) is 5.06. The molecule has 5 rings (SSSR count). The van der Waals surface area contributed by atoms with Crippen molar-refractivity contribution < 1.29 is 9.53 Å². The minimum atomic E-state index is -0.310. The van der Waals surface area contributed by atoms with E-state index in [0.717, 1.165) is 22.7 Å². The van der Waals surface area contributed by atoms with Crippen LogP contribution in [-0.2, 0) is 11.8 Å². The van der Waals surface area contributed by atoms with E-state index < -0.39 is 0 Å². The van der Waals surface area contributed by atoms with Crippen LogP contribution in [0, 0.1) is 6.92 Å². The number of anilines is 1. The Kier molecular flexibility index (Phi) is 5.56. The van der Waals surface area contributed by atoms with E-state index in [1.165, 1.54) is 11.8 Å². The van der Waals surface area contributed by atoms with Gasteiger partial charge in [-0.2, -0.15) is 0 Å². The highest BCUT2D eigenvalue weighted by Gasteiger charge is 2.38. The number of benzene rings is 3. The van der Waals surface area contributed by atoms with Crippen LogP contribution in [-0.4, -0.2) is 21.0 Å². The second kappa shape index (κ2) is 8.67. The maximum absolute atomic E-state index is 13.5. The van der Waals surface area contributed by atoms with Gasteiger partial charge in [0.25, 0.3) is 5.56 Å². The highest BCUT2D eigenvalue weighted by molar-refractivity contribution is 8.00. The Morgan fingerprint density at radius 2 is 1.55 bits per heavy atom. The van der Waals surface area contributed by atoms with Crippen molar-refractivity contribution >= 4 is 23.4 Å². The van der Waals surface area contributed by atoms with Gasteiger partial charge in [0.1, 0.15) is 22.6 Å². The molecule has 1 amide bonds. The van der Waals surface area contributed by atoms with Gasteiger partial charge in [0.05, 0.1) is 17.1 Å². The van der Waals surface area contributed by atoms with Crippen LogP contribution in [0.4, 0.5) is 5.69 Å². The zero-order chi connectivity index (χ0) is 22.9. The number of amides is 1. The molecular formula is C26H23N3O3S. The Hall–Kier alpha value is -3.71. The van der Waals surface area contributed by atoms with E-state index in [1.807, 2.05) is 98.9 Å². The van der Waals surface area contributed by atoms with Gasteiger partial charge < -0.3 is 4.74 Å². The highest BCUT2D eigenvalue weighted by atomic mass is 32.2. The van der Waals surface area contributed by atoms with Gasteiger partial charge in [0, 0.05) is 7.05 Å². The fourth-order valence-electron chi connectivity index (χ4n) is 4.10. The van der Waals surface area contributed by atoms with Crippen LogP contribution >= 0.6 is 11.8 Å². The van der Waals surface area contributed by atoms with E-state index in [9.17, 15) is 9.59 Å². The lowest BCUT2D eigenvalue weighted by molar-refractivity contribution is -0.115. The third-order valence-electron chi connectivity index (χ3n) is 5.75. The number of thioether (sulfide) groups is 1. The van der Waals surface area contributed by atoms with Crippen LogP contribution in [0.1, 0.15) is 16.6 Å². The van der Waals surface area contributed by atoms with Gasteiger partial charge in [-0.1, -0.05) is 48.5 Å². The topological polar surface area (TPSA) is 56.5 Å². The second-order valence-electron chi connectivity index (χ2n) is 7.82. The molecule has 0 N–H and O–H groups in total. The normalized spacial score (nSPS) is 15.8. The summed E-state index contributed by atoms with van der Waals surface area (Å²) in [7, 11) is 1.84. The minimum absolute atomic E-state index is 0.0783. The first-order valence-electron chi connectivity index (χ1n) is 10.6. The number of carbonyl (C=O) groups excluding carboxylic acids is 1. The van der Waals surface area contributed by atoms with Crippen molar-refractivity contribution in [3.05, 3.63) is 107 Å². The van der Waals surface area contributed by atoms with E-state index >= 15 is 0 Å². The summed E-state index contributed by atoms with van der Waals surface area (Å²) < 4.78 is 9.40. The van der Waals surface area contributed by atoms with Gasteiger partial charge in [-0.25, -0.2) is 4.68 Å². The smallest absolute Gasteiger partial charge is 0.295 e. The third-order valence-corrected chi connectivity index (χ3v) is 6.97. The van der Waals surface area contributed by atoms with Crippen molar-refractivity contribution in [3.8, 4) is 17.2 Å². The number of para-hydroxylation sites is 2. The van der Waals surface area contributed by atoms with Gasteiger partial charge in [-0.15, -0.1) is 11.8 Å². The fraction of sp³-hybridized carbons (Fsp3) is 0.154. The molecule has 0 aliphatic carbocycles. The number of carbonyl (C=O) groups is 1. The van der Waals surface area contributed by atoms with E-state index in [-0.39, 0.29) is 16.8 Å². The number of hydrogen-bond acceptors (Lipinski definition) is 4. The maximum atomic E-state index is 13.5. The van der Waals surface area contributed by atoms with Crippen LogP contribution in [0.15, 0.2) is 89.7 Å². The van der Waals surface area contributed by atoms with Crippen LogP contribution in [0.3, 0.4) is 0 Å². The summed E-state index contributed by atoms with van der Waals surface area (Å²) >= 11 is 1.51. The molecule has 1 aliphatic heterocycles. The number of hydrogen-bond donors (Lipinski definition) is 0. The molecule has 1 aromatic heterocycles. The summed E-state index contributed by atoms with van der Waals surface area (Å²) in [5.74, 6) is 1.66. The van der Waals surface area contributed by atoms with E-state index in [2.05, 4.69) is 0 Å². The lowest BCUT2D eigenvalue weighted by Crippen LogP contribution is -2.33. The quantitative estimate of drug-likeness (QED) is 0.421. The van der Waals surface area contributed by atoms with Crippen molar-refractivity contribution in [2.24, 2.45) is 7.05 Å². The largest absolute Gasteiger partial charge is 0.457 e. The molecule has 1 fully saturated rings. The first-order valence-corrected chi connectivity index (χ1v) is 11.7. The first kappa shape index (κ1) is 21.2. The minimum Gasteiger partial charge on any atom is -0.457 e. The van der Waals surface area contributed by atoms with Crippen molar-refractivity contribution in [2.75, 3.05) is 10.7 Å². The Bertz CT molecular complexity index is 1360. The third kappa shape index (κ3) is 3.85. The summed E-state index contributed by atoms with van der Waals surface area (Å²) in [6.45, 7) is 1.87. The van der Waals surface area contributed by atoms with Crippen molar-refractivity contribution in [1.29, 1.82) is 0 Å². The zero-order valence-electron chi connectivity index (χ0n) is 18.3. The lowest BCUT2D eigenvalue weighted by atomic mass is 10.2. The van der Waals surface area contributed by atoms with E-state index in [4.69, 9.17) is 4.74 Å². The van der Waals surface area contributed by atoms with Crippen LogP contribution in [0.5, 0.6) is 11.5 Å². The molecule has 0 radical (unpaired) electrons. The molecule has 0 bridgehead atoms. The molecule has 33 heavy (non-hydrogen) atoms. The summed E-state index contributed by atoms with van der Waals surface area (Å²) in [6.07, 6.45) is 0. The molecule has 6 nitrogen and oxygen atoms in total. The summed E-state index contributed by atoms with van der Waals surface area (Å²) in [6, 6.07) is 26.7. The molecule has 1 unspecified atom stereocenters. The summed E-state index contributed by atoms with van der Waals surface area (Å²) in [5, 5.41) is -0.310. The molecule has 166 valence electrons. The zero-order valence-corrected chi connectivity index (χ0v) is 19.2. The van der Waals surface area contributed by atoms with E-state index in [1.54, 1.807) is 14.3 Å². The van der Waals surface area contributed by atoms with Gasteiger partial charge in [0.15, 0.2) is 0 Å². The van der Waals surface area contributed by atoms with Gasteiger partial charge in [-0.05, 0) is 48.9 Å². The van der Waals surface area contributed by atoms with Crippen LogP contribution in [0.2, 0.25) is 0 Å². The molecular weight excluding hydrogens is 434 g/mol.